The number of amides is 1. The Hall–Kier alpha value is -2.58. The molecule has 8 heteroatoms. The van der Waals surface area contributed by atoms with E-state index in [9.17, 15) is 9.90 Å². The first-order chi connectivity index (χ1) is 15.1. The quantitative estimate of drug-likeness (QED) is 0.755. The third-order valence-electron chi connectivity index (χ3n) is 6.31. The average molecular weight is 430 g/mol. The second-order valence-corrected chi connectivity index (χ2v) is 8.37. The third kappa shape index (κ3) is 4.85. The Kier molecular flexibility index (Phi) is 6.77. The van der Waals surface area contributed by atoms with Crippen molar-refractivity contribution < 1.29 is 23.9 Å². The molecule has 0 bridgehead atoms. The number of aliphatic hydroxyl groups excluding tert-OH is 1. The number of rotatable bonds is 6. The van der Waals surface area contributed by atoms with Gasteiger partial charge in [0, 0.05) is 37.2 Å². The largest absolute Gasteiger partial charge is 0.493 e. The molecule has 0 spiro atoms. The van der Waals surface area contributed by atoms with E-state index >= 15 is 0 Å². The second-order valence-electron chi connectivity index (χ2n) is 8.37. The lowest BCUT2D eigenvalue weighted by Crippen LogP contribution is -2.42. The highest BCUT2D eigenvalue weighted by atomic mass is 16.5. The molecule has 0 aliphatic carbocycles. The summed E-state index contributed by atoms with van der Waals surface area (Å²) in [4.78, 5) is 16.7. The van der Waals surface area contributed by atoms with Crippen molar-refractivity contribution in [2.24, 2.45) is 0 Å². The molecule has 1 atom stereocenters. The number of aliphatic hydroxyl groups is 1. The minimum atomic E-state index is -0.451. The van der Waals surface area contributed by atoms with Crippen molar-refractivity contribution in [1.82, 2.24) is 15.0 Å². The van der Waals surface area contributed by atoms with Crippen LogP contribution in [-0.2, 0) is 6.54 Å². The molecule has 0 radical (unpaired) electrons. The fraction of sp³-hybridized carbons (Fsp3) is 0.565. The van der Waals surface area contributed by atoms with Crippen LogP contribution >= 0.6 is 0 Å². The van der Waals surface area contributed by atoms with E-state index < -0.39 is 6.10 Å². The fourth-order valence-electron chi connectivity index (χ4n) is 4.58. The van der Waals surface area contributed by atoms with E-state index in [1.807, 2.05) is 12.1 Å². The number of carbonyl (C=O) groups is 1. The van der Waals surface area contributed by atoms with Gasteiger partial charge in [0.05, 0.1) is 26.0 Å². The van der Waals surface area contributed by atoms with Crippen molar-refractivity contribution in [3.63, 3.8) is 0 Å². The number of aromatic nitrogens is 1. The predicted octanol–water partition coefficient (Wildman–Crippen LogP) is 2.67. The Morgan fingerprint density at radius 2 is 2.00 bits per heavy atom. The number of para-hydroxylation sites is 1. The number of piperidine rings is 2. The van der Waals surface area contributed by atoms with Gasteiger partial charge >= 0.3 is 0 Å². The maximum absolute atomic E-state index is 12.7. The van der Waals surface area contributed by atoms with Crippen LogP contribution in [-0.4, -0.2) is 72.5 Å². The smallest absolute Gasteiger partial charge is 0.292 e. The van der Waals surface area contributed by atoms with E-state index in [4.69, 9.17) is 14.0 Å². The van der Waals surface area contributed by atoms with Crippen molar-refractivity contribution >= 4 is 5.91 Å². The van der Waals surface area contributed by atoms with Gasteiger partial charge in [0.25, 0.3) is 5.91 Å². The van der Waals surface area contributed by atoms with Gasteiger partial charge in [0.15, 0.2) is 11.5 Å². The van der Waals surface area contributed by atoms with Gasteiger partial charge in [-0.3, -0.25) is 9.69 Å². The summed E-state index contributed by atoms with van der Waals surface area (Å²) in [6.45, 7) is 3.67. The van der Waals surface area contributed by atoms with Crippen LogP contribution < -0.4 is 9.47 Å². The Bertz CT molecular complexity index is 891. The zero-order chi connectivity index (χ0) is 21.8. The van der Waals surface area contributed by atoms with Crippen LogP contribution in [0.5, 0.6) is 11.5 Å². The molecule has 168 valence electrons. The first-order valence-corrected chi connectivity index (χ1v) is 10.9. The van der Waals surface area contributed by atoms with E-state index in [0.29, 0.717) is 13.1 Å². The number of ether oxygens (including phenoxy) is 2. The van der Waals surface area contributed by atoms with Crippen molar-refractivity contribution in [2.75, 3.05) is 40.4 Å². The topological polar surface area (TPSA) is 88.3 Å². The van der Waals surface area contributed by atoms with Crippen molar-refractivity contribution in [3.8, 4) is 11.5 Å². The average Bonchev–Trinajstić information content (AvgIpc) is 3.29. The van der Waals surface area contributed by atoms with Gasteiger partial charge in [-0.15, -0.1) is 0 Å². The number of hydrogen-bond acceptors (Lipinski definition) is 7. The number of hydrogen-bond donors (Lipinski definition) is 1. The van der Waals surface area contributed by atoms with Gasteiger partial charge in [-0.25, -0.2) is 0 Å². The number of methoxy groups -OCH3 is 2. The van der Waals surface area contributed by atoms with Crippen LogP contribution in [0.1, 0.15) is 53.4 Å². The van der Waals surface area contributed by atoms with Gasteiger partial charge in [0.2, 0.25) is 5.76 Å². The third-order valence-corrected chi connectivity index (χ3v) is 6.31. The first kappa shape index (κ1) is 21.6. The van der Waals surface area contributed by atoms with Crippen LogP contribution in [0.3, 0.4) is 0 Å². The van der Waals surface area contributed by atoms with E-state index in [2.05, 4.69) is 16.1 Å². The van der Waals surface area contributed by atoms with Gasteiger partial charge in [-0.2, -0.15) is 0 Å². The van der Waals surface area contributed by atoms with Crippen LogP contribution in [0, 0.1) is 0 Å². The van der Waals surface area contributed by atoms with Gasteiger partial charge in [0.1, 0.15) is 0 Å². The van der Waals surface area contributed by atoms with Crippen LogP contribution in [0.25, 0.3) is 0 Å². The molecule has 1 aromatic heterocycles. The Balaban J connectivity index is 1.34. The van der Waals surface area contributed by atoms with E-state index in [-0.39, 0.29) is 17.6 Å². The molecule has 8 nitrogen and oxygen atoms in total. The molecule has 2 fully saturated rings. The monoisotopic (exact) mass is 429 g/mol. The normalized spacial score (nSPS) is 20.6. The van der Waals surface area contributed by atoms with Crippen LogP contribution in [0.4, 0.5) is 0 Å². The number of likely N-dealkylation sites (tertiary alicyclic amines) is 2. The van der Waals surface area contributed by atoms with E-state index in [0.717, 1.165) is 68.1 Å². The summed E-state index contributed by atoms with van der Waals surface area (Å²) in [7, 11) is 3.32. The lowest BCUT2D eigenvalue weighted by Gasteiger charge is -2.31. The molecule has 2 aromatic rings. The predicted molar refractivity (Wildman–Crippen MR) is 114 cm³/mol. The summed E-state index contributed by atoms with van der Waals surface area (Å²) in [5, 5.41) is 14.0. The molecule has 3 heterocycles. The van der Waals surface area contributed by atoms with Gasteiger partial charge in [-0.05, 0) is 44.8 Å². The lowest BCUT2D eigenvalue weighted by atomic mass is 9.93. The lowest BCUT2D eigenvalue weighted by molar-refractivity contribution is 0.0441. The molecule has 2 aliphatic heterocycles. The maximum Gasteiger partial charge on any atom is 0.292 e. The zero-order valence-electron chi connectivity index (χ0n) is 18.2. The number of nitrogens with zero attached hydrogens (tertiary/aromatic N) is 3. The molecule has 2 saturated heterocycles. The molecule has 1 aromatic carbocycles. The number of β-amino-alcohol motifs (C(OH)–C–C–N with tert-alkyl or cyclic N) is 1. The molecule has 0 saturated carbocycles. The number of carbonyl (C=O) groups excluding carboxylic acids is 1. The van der Waals surface area contributed by atoms with Gasteiger partial charge < -0.3 is 24.0 Å². The Labute approximate surface area is 182 Å². The fourth-order valence-corrected chi connectivity index (χ4v) is 4.58. The van der Waals surface area contributed by atoms with Crippen molar-refractivity contribution in [3.05, 3.63) is 41.3 Å². The molecule has 2 aliphatic rings. The minimum Gasteiger partial charge on any atom is -0.493 e. The van der Waals surface area contributed by atoms with Gasteiger partial charge in [-0.1, -0.05) is 17.3 Å². The summed E-state index contributed by atoms with van der Waals surface area (Å²) in [6.07, 6.45) is 3.01. The number of benzene rings is 1. The molecule has 1 N–H and O–H groups in total. The SMILES string of the molecule is COc1cccc(CN2CCC(c3cc(C(=O)N4CCC[C@H](O)C4)on3)CC2)c1OC. The highest BCUT2D eigenvalue weighted by Gasteiger charge is 2.29. The summed E-state index contributed by atoms with van der Waals surface area (Å²) in [5.74, 6) is 1.90. The van der Waals surface area contributed by atoms with E-state index in [1.165, 1.54) is 0 Å². The second kappa shape index (κ2) is 9.70. The Morgan fingerprint density at radius 3 is 2.71 bits per heavy atom. The molecule has 31 heavy (non-hydrogen) atoms. The standard InChI is InChI=1S/C23H31N3O5/c1-29-20-7-3-5-17(22(20)30-2)14-25-11-8-16(9-12-25)19-13-21(31-24-19)23(28)26-10-4-6-18(27)15-26/h3,5,7,13,16,18,27H,4,6,8-12,14-15H2,1-2H3/t18-/m0/s1. The summed E-state index contributed by atoms with van der Waals surface area (Å²) in [6, 6.07) is 7.75. The highest BCUT2D eigenvalue weighted by Crippen LogP contribution is 2.34. The molecule has 1 amide bonds. The molecular weight excluding hydrogens is 398 g/mol. The summed E-state index contributed by atoms with van der Waals surface area (Å²) >= 11 is 0. The summed E-state index contributed by atoms with van der Waals surface area (Å²) in [5.41, 5.74) is 1.96. The van der Waals surface area contributed by atoms with Crippen LogP contribution in [0.15, 0.2) is 28.8 Å². The van der Waals surface area contributed by atoms with Crippen LogP contribution in [0.2, 0.25) is 0 Å². The summed E-state index contributed by atoms with van der Waals surface area (Å²) < 4.78 is 16.3. The Morgan fingerprint density at radius 1 is 1.19 bits per heavy atom. The highest BCUT2D eigenvalue weighted by molar-refractivity contribution is 5.91. The first-order valence-electron chi connectivity index (χ1n) is 10.9. The zero-order valence-corrected chi connectivity index (χ0v) is 18.2. The maximum atomic E-state index is 12.7. The molecule has 4 rings (SSSR count). The van der Waals surface area contributed by atoms with Crippen molar-refractivity contribution in [2.45, 2.75) is 44.2 Å². The van der Waals surface area contributed by atoms with Crippen molar-refractivity contribution in [1.29, 1.82) is 0 Å². The van der Waals surface area contributed by atoms with E-state index in [1.54, 1.807) is 25.2 Å². The minimum absolute atomic E-state index is 0.181. The molecular formula is C23H31N3O5. The molecule has 0 unspecified atom stereocenters.